The molecule has 0 aliphatic carbocycles. The SMILES string of the molecule is CCCCCCCCCCCCCCc1ccc(C(=O)O)c(O)c1.CCCCCCCCCCCCCCc1ccc(C(=O)[O-])c([O-])c1.[Ca+2]. The molecule has 0 bridgehead atoms. The van der Waals surface area contributed by atoms with Crippen LogP contribution in [0.1, 0.15) is 200 Å². The van der Waals surface area contributed by atoms with Gasteiger partial charge in [0.2, 0.25) is 0 Å². The molecule has 49 heavy (non-hydrogen) atoms. The van der Waals surface area contributed by atoms with Crippen molar-refractivity contribution in [2.45, 2.75) is 181 Å². The van der Waals surface area contributed by atoms with E-state index in [1.54, 1.807) is 12.1 Å². The maximum Gasteiger partial charge on any atom is 2.00 e. The van der Waals surface area contributed by atoms with Gasteiger partial charge in [0.25, 0.3) is 0 Å². The van der Waals surface area contributed by atoms with E-state index in [4.69, 9.17) is 5.11 Å². The number of benzene rings is 2. The molecular weight excluding hydrogens is 641 g/mol. The van der Waals surface area contributed by atoms with Crippen molar-refractivity contribution >= 4 is 49.7 Å². The van der Waals surface area contributed by atoms with Crippen molar-refractivity contribution in [2.75, 3.05) is 0 Å². The molecular formula is C42H66CaO6. The van der Waals surface area contributed by atoms with Crippen molar-refractivity contribution in [1.82, 2.24) is 0 Å². The first-order chi connectivity index (χ1) is 23.3. The van der Waals surface area contributed by atoms with Crippen molar-refractivity contribution in [3.63, 3.8) is 0 Å². The van der Waals surface area contributed by atoms with Crippen molar-refractivity contribution in [3.8, 4) is 11.5 Å². The number of phenols is 1. The van der Waals surface area contributed by atoms with Gasteiger partial charge in [0.15, 0.2) is 0 Å². The first kappa shape index (κ1) is 47.2. The Morgan fingerprint density at radius 1 is 0.531 bits per heavy atom. The molecule has 0 saturated carbocycles. The number of rotatable bonds is 28. The monoisotopic (exact) mass is 706 g/mol. The van der Waals surface area contributed by atoms with Gasteiger partial charge in [-0.25, -0.2) is 4.79 Å². The number of hydrogen-bond acceptors (Lipinski definition) is 5. The molecule has 0 unspecified atom stereocenters. The minimum Gasteiger partial charge on any atom is -0.872 e. The number of carbonyl (C=O) groups excluding carboxylic acids is 1. The molecule has 0 atom stereocenters. The molecule has 0 amide bonds. The summed E-state index contributed by atoms with van der Waals surface area (Å²) in [5.41, 5.74) is 1.68. The molecule has 2 rings (SSSR count). The summed E-state index contributed by atoms with van der Waals surface area (Å²) in [6.45, 7) is 4.51. The molecule has 0 spiro atoms. The number of aromatic hydroxyl groups is 1. The van der Waals surface area contributed by atoms with Crippen LogP contribution < -0.4 is 10.2 Å². The molecule has 0 aliphatic heterocycles. The van der Waals surface area contributed by atoms with Crippen LogP contribution in [0.25, 0.3) is 0 Å². The number of aromatic carboxylic acids is 2. The third-order valence-electron chi connectivity index (χ3n) is 9.20. The van der Waals surface area contributed by atoms with Gasteiger partial charge in [0, 0.05) is 0 Å². The summed E-state index contributed by atoms with van der Waals surface area (Å²) in [5.74, 6) is -3.04. The van der Waals surface area contributed by atoms with E-state index in [9.17, 15) is 24.9 Å². The van der Waals surface area contributed by atoms with Crippen LogP contribution in [0.2, 0.25) is 0 Å². The Hall–Kier alpha value is -1.76. The largest absolute Gasteiger partial charge is 2.00 e. The summed E-state index contributed by atoms with van der Waals surface area (Å²) >= 11 is 0. The minimum absolute atomic E-state index is 0. The van der Waals surface area contributed by atoms with Crippen LogP contribution in [0.5, 0.6) is 11.5 Å². The summed E-state index contributed by atoms with van der Waals surface area (Å²) < 4.78 is 0. The second kappa shape index (κ2) is 32.2. The first-order valence-electron chi connectivity index (χ1n) is 19.4. The third-order valence-corrected chi connectivity index (χ3v) is 9.20. The van der Waals surface area contributed by atoms with Crippen LogP contribution >= 0.6 is 0 Å². The molecule has 272 valence electrons. The fourth-order valence-electron chi connectivity index (χ4n) is 6.14. The quantitative estimate of drug-likeness (QED) is 0.0671. The van der Waals surface area contributed by atoms with E-state index in [-0.39, 0.29) is 54.6 Å². The fourth-order valence-corrected chi connectivity index (χ4v) is 6.14. The maximum atomic E-state index is 11.6. The Bertz CT molecular complexity index is 1030. The van der Waals surface area contributed by atoms with Crippen LogP contribution in [0.15, 0.2) is 36.4 Å². The van der Waals surface area contributed by atoms with E-state index < -0.39 is 17.7 Å². The van der Waals surface area contributed by atoms with Gasteiger partial charge in [-0.2, -0.15) is 0 Å². The van der Waals surface area contributed by atoms with E-state index in [1.165, 1.54) is 159 Å². The molecule has 0 saturated heterocycles. The van der Waals surface area contributed by atoms with Gasteiger partial charge in [-0.1, -0.05) is 185 Å². The molecule has 2 aromatic rings. The molecule has 2 aromatic carbocycles. The van der Waals surface area contributed by atoms with E-state index >= 15 is 0 Å². The van der Waals surface area contributed by atoms with Crippen LogP contribution in [0.3, 0.4) is 0 Å². The Morgan fingerprint density at radius 2 is 0.857 bits per heavy atom. The topological polar surface area (TPSA) is 121 Å². The fraction of sp³-hybridized carbons (Fsp3) is 0.667. The Morgan fingerprint density at radius 3 is 1.16 bits per heavy atom. The molecule has 2 N–H and O–H groups in total. The van der Waals surface area contributed by atoms with E-state index in [1.807, 2.05) is 6.07 Å². The zero-order valence-corrected chi connectivity index (χ0v) is 33.3. The van der Waals surface area contributed by atoms with Gasteiger partial charge in [-0.05, 0) is 54.5 Å². The number of carboxylic acid groups (broad SMARTS) is 2. The van der Waals surface area contributed by atoms with Crippen molar-refractivity contribution in [2.24, 2.45) is 0 Å². The summed E-state index contributed by atoms with van der Waals surface area (Å²) in [5, 5.41) is 40.8. The summed E-state index contributed by atoms with van der Waals surface area (Å²) in [4.78, 5) is 21.5. The molecule has 6 nitrogen and oxygen atoms in total. The van der Waals surface area contributed by atoms with Crippen molar-refractivity contribution in [3.05, 3.63) is 58.7 Å². The summed E-state index contributed by atoms with van der Waals surface area (Å²) in [6, 6.07) is 9.42. The van der Waals surface area contributed by atoms with Crippen LogP contribution in [-0.4, -0.2) is 59.9 Å². The second-order valence-corrected chi connectivity index (χ2v) is 13.6. The number of hydrogen-bond donors (Lipinski definition) is 2. The predicted octanol–water partition coefficient (Wildman–Crippen LogP) is 10.3. The predicted molar refractivity (Wildman–Crippen MR) is 201 cm³/mol. The van der Waals surface area contributed by atoms with E-state index in [0.717, 1.165) is 36.8 Å². The smallest absolute Gasteiger partial charge is 0.872 e. The van der Waals surface area contributed by atoms with E-state index in [0.29, 0.717) is 0 Å². The number of carbonyl (C=O) groups is 2. The normalized spacial score (nSPS) is 10.7. The molecule has 0 aliphatic rings. The van der Waals surface area contributed by atoms with Gasteiger partial charge in [0.05, 0.1) is 5.97 Å². The number of unbranched alkanes of at least 4 members (excludes halogenated alkanes) is 22. The third kappa shape index (κ3) is 24.9. The number of carboxylic acids is 2. The van der Waals surface area contributed by atoms with Crippen LogP contribution in [-0.2, 0) is 12.8 Å². The van der Waals surface area contributed by atoms with Crippen molar-refractivity contribution < 1.29 is 30.0 Å². The second-order valence-electron chi connectivity index (χ2n) is 13.6. The average molecular weight is 707 g/mol. The molecule has 0 heterocycles. The van der Waals surface area contributed by atoms with E-state index in [2.05, 4.69) is 13.8 Å². The standard InChI is InChI=1S/2C21H34O3.Ca/c2*1-2-3-4-5-6-7-8-9-10-11-12-13-14-18-15-16-19(21(23)24)20(22)17-18;/h2*15-17,22H,2-14H2,1H3,(H,23,24);/q;;+2/p-2. The Kier molecular flexibility index (Phi) is 31.0. The van der Waals surface area contributed by atoms with Crippen molar-refractivity contribution in [1.29, 1.82) is 0 Å². The van der Waals surface area contributed by atoms with Gasteiger partial charge < -0.3 is 25.2 Å². The minimum atomic E-state index is -1.39. The first-order valence-corrected chi connectivity index (χ1v) is 19.4. The Labute approximate surface area is 328 Å². The summed E-state index contributed by atoms with van der Waals surface area (Å²) in [6.07, 6.45) is 33.4. The van der Waals surface area contributed by atoms with Crippen LogP contribution in [0, 0.1) is 0 Å². The van der Waals surface area contributed by atoms with Gasteiger partial charge >= 0.3 is 43.7 Å². The Balaban J connectivity index is 0.000000922. The maximum absolute atomic E-state index is 11.6. The molecule has 0 fully saturated rings. The van der Waals surface area contributed by atoms with Gasteiger partial charge in [-0.3, -0.25) is 0 Å². The molecule has 0 radical (unpaired) electrons. The van der Waals surface area contributed by atoms with Gasteiger partial charge in [0.1, 0.15) is 11.3 Å². The molecule has 0 aromatic heterocycles. The molecule has 7 heteroatoms. The number of aryl methyl sites for hydroxylation is 2. The zero-order chi connectivity index (χ0) is 35.2. The van der Waals surface area contributed by atoms with Gasteiger partial charge in [-0.15, -0.1) is 0 Å². The average Bonchev–Trinajstić information content (AvgIpc) is 3.06. The van der Waals surface area contributed by atoms with Crippen LogP contribution in [0.4, 0.5) is 0 Å². The zero-order valence-electron chi connectivity index (χ0n) is 31.1. The summed E-state index contributed by atoms with van der Waals surface area (Å²) in [7, 11) is 0.